The molecule has 0 aliphatic heterocycles. The number of anilines is 1. The van der Waals surface area contributed by atoms with E-state index >= 15 is 0 Å². The van der Waals surface area contributed by atoms with Gasteiger partial charge in [0, 0.05) is 13.1 Å². The second kappa shape index (κ2) is 5.81. The van der Waals surface area contributed by atoms with Gasteiger partial charge in [-0.2, -0.15) is 0 Å². The van der Waals surface area contributed by atoms with Crippen LogP contribution in [0.25, 0.3) is 0 Å². The van der Waals surface area contributed by atoms with Gasteiger partial charge >= 0.3 is 0 Å². The lowest BCUT2D eigenvalue weighted by atomic mass is 10.3. The van der Waals surface area contributed by atoms with Gasteiger partial charge in [-0.05, 0) is 18.9 Å². The zero-order valence-corrected chi connectivity index (χ0v) is 9.56. The number of thiophene rings is 1. The first kappa shape index (κ1) is 11.2. The number of aldehydes is 1. The van der Waals surface area contributed by atoms with E-state index in [9.17, 15) is 4.79 Å². The van der Waals surface area contributed by atoms with Gasteiger partial charge in [-0.3, -0.25) is 4.79 Å². The van der Waals surface area contributed by atoms with Crippen molar-refractivity contribution in [3.8, 4) is 0 Å². The summed E-state index contributed by atoms with van der Waals surface area (Å²) < 4.78 is 0. The first-order valence-electron chi connectivity index (χ1n) is 5.03. The van der Waals surface area contributed by atoms with Crippen molar-refractivity contribution in [1.82, 2.24) is 0 Å². The molecule has 1 rings (SSSR count). The summed E-state index contributed by atoms with van der Waals surface area (Å²) in [5.74, 6) is 0. The Kier molecular flexibility index (Phi) is 4.66. The van der Waals surface area contributed by atoms with Gasteiger partial charge in [-0.25, -0.2) is 0 Å². The Bertz CT molecular complexity index is 277. The molecule has 1 aromatic heterocycles. The Labute approximate surface area is 89.5 Å². The summed E-state index contributed by atoms with van der Waals surface area (Å²) in [6.07, 6.45) is 3.14. The molecule has 1 heterocycles. The Hall–Kier alpha value is -0.830. The van der Waals surface area contributed by atoms with E-state index < -0.39 is 0 Å². The normalized spacial score (nSPS) is 10.1. The molecule has 1 aromatic rings. The Balaban J connectivity index is 2.70. The standard InChI is InChI=1S/C11H16NOS/c1-3-5-12(6-4-2)10-7-11(8-13)14-9-10/h7-8H,3-6H2,1-2H3. The Morgan fingerprint density at radius 2 is 2.07 bits per heavy atom. The minimum atomic E-state index is 0.761. The molecule has 0 saturated carbocycles. The quantitative estimate of drug-likeness (QED) is 0.673. The lowest BCUT2D eigenvalue weighted by Gasteiger charge is -2.21. The second-order valence-electron chi connectivity index (χ2n) is 3.24. The van der Waals surface area contributed by atoms with E-state index in [1.54, 1.807) is 0 Å². The van der Waals surface area contributed by atoms with E-state index in [1.165, 1.54) is 11.3 Å². The van der Waals surface area contributed by atoms with Crippen LogP contribution in [0.3, 0.4) is 0 Å². The summed E-state index contributed by atoms with van der Waals surface area (Å²) in [4.78, 5) is 13.6. The summed E-state index contributed by atoms with van der Waals surface area (Å²) in [5.41, 5.74) is 1.07. The van der Waals surface area contributed by atoms with Gasteiger partial charge in [0.2, 0.25) is 0 Å². The molecule has 0 saturated heterocycles. The minimum Gasteiger partial charge on any atom is -0.370 e. The third-order valence-electron chi connectivity index (χ3n) is 2.00. The van der Waals surface area contributed by atoms with Crippen LogP contribution in [0.5, 0.6) is 0 Å². The van der Waals surface area contributed by atoms with Gasteiger partial charge in [0.25, 0.3) is 0 Å². The lowest BCUT2D eigenvalue weighted by Crippen LogP contribution is -2.24. The number of hydrogen-bond acceptors (Lipinski definition) is 3. The monoisotopic (exact) mass is 210 g/mol. The maximum atomic E-state index is 10.5. The molecule has 14 heavy (non-hydrogen) atoms. The molecule has 0 aromatic carbocycles. The van der Waals surface area contributed by atoms with Gasteiger partial charge in [0.05, 0.1) is 15.9 Å². The number of rotatable bonds is 6. The van der Waals surface area contributed by atoms with Crippen molar-refractivity contribution in [3.63, 3.8) is 0 Å². The predicted octanol–water partition coefficient (Wildman–Crippen LogP) is 2.99. The smallest absolute Gasteiger partial charge is 0.160 e. The predicted molar refractivity (Wildman–Crippen MR) is 61.3 cm³/mol. The highest BCUT2D eigenvalue weighted by atomic mass is 32.1. The molecule has 0 N–H and O–H groups in total. The average Bonchev–Trinajstić information content (AvgIpc) is 2.65. The molecule has 0 aliphatic rings. The van der Waals surface area contributed by atoms with Gasteiger partial charge in [-0.15, -0.1) is 11.3 Å². The molecule has 3 heteroatoms. The Morgan fingerprint density at radius 1 is 1.43 bits per heavy atom. The van der Waals surface area contributed by atoms with Crippen molar-refractivity contribution >= 4 is 23.3 Å². The summed E-state index contributed by atoms with van der Waals surface area (Å²) in [5, 5.41) is 3.16. The molecular formula is C11H16NOS. The van der Waals surface area contributed by atoms with Crippen LogP contribution in [-0.4, -0.2) is 19.4 Å². The van der Waals surface area contributed by atoms with E-state index in [1.807, 2.05) is 6.07 Å². The molecule has 0 bridgehead atoms. The van der Waals surface area contributed by atoms with Crippen molar-refractivity contribution in [1.29, 1.82) is 0 Å². The number of nitrogens with zero attached hydrogens (tertiary/aromatic N) is 1. The van der Waals surface area contributed by atoms with E-state index in [0.717, 1.165) is 42.8 Å². The molecule has 0 spiro atoms. The van der Waals surface area contributed by atoms with Crippen LogP contribution in [0.4, 0.5) is 5.69 Å². The Morgan fingerprint density at radius 3 is 2.50 bits per heavy atom. The number of carbonyl (C=O) groups excluding carboxylic acids is 1. The zero-order chi connectivity index (χ0) is 10.4. The van der Waals surface area contributed by atoms with Crippen LogP contribution in [-0.2, 0) is 0 Å². The molecule has 1 radical (unpaired) electrons. The third-order valence-corrected chi connectivity index (χ3v) is 2.76. The van der Waals surface area contributed by atoms with Crippen LogP contribution in [0, 0.1) is 5.38 Å². The zero-order valence-electron chi connectivity index (χ0n) is 8.75. The molecule has 0 atom stereocenters. The third kappa shape index (κ3) is 2.84. The van der Waals surface area contributed by atoms with Gasteiger partial charge < -0.3 is 4.90 Å². The molecular weight excluding hydrogens is 194 g/mol. The van der Waals surface area contributed by atoms with E-state index in [0.29, 0.717) is 0 Å². The van der Waals surface area contributed by atoms with E-state index in [2.05, 4.69) is 24.1 Å². The average molecular weight is 210 g/mol. The second-order valence-corrected chi connectivity index (χ2v) is 4.12. The summed E-state index contributed by atoms with van der Waals surface area (Å²) >= 11 is 1.39. The van der Waals surface area contributed by atoms with Crippen LogP contribution in [0.1, 0.15) is 36.4 Å². The van der Waals surface area contributed by atoms with Crippen molar-refractivity contribution in [2.24, 2.45) is 0 Å². The summed E-state index contributed by atoms with van der Waals surface area (Å²) in [6, 6.07) is 1.92. The number of carbonyl (C=O) groups is 1. The van der Waals surface area contributed by atoms with Gasteiger partial charge in [0.1, 0.15) is 0 Å². The fourth-order valence-corrected chi connectivity index (χ4v) is 2.04. The van der Waals surface area contributed by atoms with Crippen LogP contribution in [0.2, 0.25) is 0 Å². The minimum absolute atomic E-state index is 0.761. The molecule has 0 unspecified atom stereocenters. The summed E-state index contributed by atoms with van der Waals surface area (Å²) in [6.45, 7) is 6.41. The maximum Gasteiger partial charge on any atom is 0.160 e. The first-order chi connectivity index (χ1) is 6.81. The van der Waals surface area contributed by atoms with Crippen LogP contribution in [0.15, 0.2) is 6.07 Å². The largest absolute Gasteiger partial charge is 0.370 e. The van der Waals surface area contributed by atoms with Crippen LogP contribution < -0.4 is 4.90 Å². The SMILES string of the molecule is CCCN(CCC)c1[c]sc(C=O)c1. The first-order valence-corrected chi connectivity index (χ1v) is 5.85. The van der Waals surface area contributed by atoms with E-state index in [4.69, 9.17) is 0 Å². The lowest BCUT2D eigenvalue weighted by molar-refractivity contribution is 0.112. The van der Waals surface area contributed by atoms with Crippen molar-refractivity contribution < 1.29 is 4.79 Å². The maximum absolute atomic E-state index is 10.5. The highest BCUT2D eigenvalue weighted by Crippen LogP contribution is 2.21. The topological polar surface area (TPSA) is 20.3 Å². The highest BCUT2D eigenvalue weighted by molar-refractivity contribution is 7.11. The van der Waals surface area contributed by atoms with Crippen molar-refractivity contribution in [2.75, 3.05) is 18.0 Å². The van der Waals surface area contributed by atoms with Gasteiger partial charge in [-0.1, -0.05) is 13.8 Å². The molecule has 2 nitrogen and oxygen atoms in total. The van der Waals surface area contributed by atoms with Crippen molar-refractivity contribution in [2.45, 2.75) is 26.7 Å². The fourth-order valence-electron chi connectivity index (χ4n) is 1.41. The van der Waals surface area contributed by atoms with E-state index in [-0.39, 0.29) is 0 Å². The fraction of sp³-hybridized carbons (Fsp3) is 0.545. The van der Waals surface area contributed by atoms with Crippen LogP contribution >= 0.6 is 11.3 Å². The number of hydrogen-bond donors (Lipinski definition) is 0. The summed E-state index contributed by atoms with van der Waals surface area (Å²) in [7, 11) is 0. The molecule has 0 fully saturated rings. The van der Waals surface area contributed by atoms with Gasteiger partial charge in [0.15, 0.2) is 6.29 Å². The molecule has 77 valence electrons. The molecule has 0 amide bonds. The molecule has 0 aliphatic carbocycles. The highest BCUT2D eigenvalue weighted by Gasteiger charge is 2.07. The van der Waals surface area contributed by atoms with Crippen molar-refractivity contribution in [3.05, 3.63) is 16.3 Å².